The molecule has 4 aliphatic rings. The van der Waals surface area contributed by atoms with Gasteiger partial charge in [0, 0.05) is 94.7 Å². The second-order valence-electron chi connectivity index (χ2n) is 30.4. The van der Waals surface area contributed by atoms with Gasteiger partial charge in [0.25, 0.3) is 0 Å². The second kappa shape index (κ2) is 52.7. The molecule has 0 aromatic heterocycles. The zero-order valence-electron chi connectivity index (χ0n) is 72.7. The van der Waals surface area contributed by atoms with E-state index < -0.39 is 182 Å². The minimum atomic E-state index is -1.71. The highest BCUT2D eigenvalue weighted by Gasteiger charge is 2.59. The van der Waals surface area contributed by atoms with Gasteiger partial charge >= 0.3 is 47.8 Å². The van der Waals surface area contributed by atoms with Crippen molar-refractivity contribution in [2.24, 2.45) is 5.73 Å². The van der Waals surface area contributed by atoms with Crippen molar-refractivity contribution in [3.8, 4) is 0 Å². The van der Waals surface area contributed by atoms with E-state index in [-0.39, 0.29) is 95.8 Å². The molecule has 20 atom stereocenters. The van der Waals surface area contributed by atoms with Gasteiger partial charge in [-0.25, -0.2) is 0 Å². The fraction of sp³-hybridized carbons (Fsp3) is 0.500. The van der Waals surface area contributed by atoms with Crippen LogP contribution in [0.3, 0.4) is 0 Å². The van der Waals surface area contributed by atoms with Crippen LogP contribution in [0.5, 0.6) is 0 Å². The zero-order valence-corrected chi connectivity index (χ0v) is 74.3. The Balaban J connectivity index is 0.870. The number of carbonyl (C=O) groups excluding carboxylic acids is 10. The van der Waals surface area contributed by atoms with Crippen molar-refractivity contribution in [1.82, 2.24) is 15.5 Å². The standard InChI is InChI=1S/C92H114N4O30S2/c1-57(97)109-53-73-79(115-59(3)99)83(117-61(5)101)85(119-63(7)103)89(121-73)125-77-71(51-107-45-65-27-15-9-16-28-65)123-91(87(113-49-69-35-23-13-24-36-69)81(77)111-47-67-31-19-11-20-32-67)127-55-75(105)94-40-43-96(42-39-93)44-41-95-76(106)56-128-92-88(114-50-70-37-25-14-26-38-70)82(112-48-68-33-21-12-22-34-68)78(72(124-92)52-108-46-66-29-17-10-18-30-66)126-90-86(120-64(8)104)84(118-62(6)102)80(116-60(4)100)74(122-90)54-110-58(2)98/h9-38,71-74,77-92H,39-56,93H2,1-8H3,(H,94,105)(H,95,106)/t71-,72-,73-,74-,77+,78+,79+,80+,81+,82+,83+,84+,85-,86-,87-,88-,89-,90-,91+,92+/m1/s1. The van der Waals surface area contributed by atoms with Gasteiger partial charge in [0.15, 0.2) is 49.2 Å². The molecular formula is C92H114N4O30S2. The molecular weight excluding hydrogens is 1710 g/mol. The van der Waals surface area contributed by atoms with Crippen molar-refractivity contribution in [1.29, 1.82) is 0 Å². The van der Waals surface area contributed by atoms with Crippen LogP contribution in [-0.2, 0) is 182 Å². The summed E-state index contributed by atoms with van der Waals surface area (Å²) in [6.07, 6.45) is -25.0. The largest absolute Gasteiger partial charge is 0.463 e. The van der Waals surface area contributed by atoms with Gasteiger partial charge in [-0.1, -0.05) is 182 Å². The summed E-state index contributed by atoms with van der Waals surface area (Å²) in [5.41, 5.74) is 8.85. The van der Waals surface area contributed by atoms with Gasteiger partial charge < -0.3 is 111 Å². The minimum Gasteiger partial charge on any atom is -0.463 e. The van der Waals surface area contributed by atoms with Crippen LogP contribution in [0.4, 0.5) is 0 Å². The molecule has 10 rings (SSSR count). The highest BCUT2D eigenvalue weighted by atomic mass is 32.2. The second-order valence-corrected chi connectivity index (χ2v) is 32.6. The SMILES string of the molecule is CC(=O)OC[C@H]1O[C@H](O[C@@H]2[C@H](OCc3ccccc3)[C@@H](OCc3ccccc3)[C@H](SCC(=O)NCCN(CCN)CCNC(=O)CS[C@@H]3O[C@H](COCc4ccccc4)[C@H](O[C@H]4O[C@H](COC(C)=O)[C@H](OC(C)=O)[C@H](OC(C)=O)[C@H]4OC(C)=O)[C@H](OCc4ccccc4)[C@H]3OCc3ccccc3)O[C@@H]2COCc2ccccc2)[C@H](OC(C)=O)[C@@H](OC(C)=O)[C@H]1OC(C)=O. The lowest BCUT2D eigenvalue weighted by Gasteiger charge is -2.49. The van der Waals surface area contributed by atoms with E-state index >= 15 is 0 Å². The lowest BCUT2D eigenvalue weighted by molar-refractivity contribution is -0.346. The lowest BCUT2D eigenvalue weighted by Crippen LogP contribution is -2.66. The number of hydrogen-bond donors (Lipinski definition) is 3. The number of ether oxygens (including phenoxy) is 20. The van der Waals surface area contributed by atoms with Crippen LogP contribution >= 0.6 is 23.5 Å². The quantitative estimate of drug-likeness (QED) is 0.0253. The molecule has 0 aliphatic carbocycles. The van der Waals surface area contributed by atoms with Gasteiger partial charge in [0.2, 0.25) is 11.8 Å². The number of nitrogens with zero attached hydrogens (tertiary/aromatic N) is 1. The van der Waals surface area contributed by atoms with Crippen molar-refractivity contribution in [2.75, 3.05) is 77.2 Å². The van der Waals surface area contributed by atoms with Crippen molar-refractivity contribution < 1.29 is 143 Å². The van der Waals surface area contributed by atoms with Gasteiger partial charge in [0.1, 0.15) is 85.1 Å². The Morgan fingerprint density at radius 2 is 0.586 bits per heavy atom. The summed E-state index contributed by atoms with van der Waals surface area (Å²) in [5, 5.41) is 6.07. The van der Waals surface area contributed by atoms with Crippen molar-refractivity contribution >= 4 is 83.1 Å². The van der Waals surface area contributed by atoms with Gasteiger partial charge in [-0.05, 0) is 33.4 Å². The first-order chi connectivity index (χ1) is 61.8. The van der Waals surface area contributed by atoms with Crippen molar-refractivity contribution in [2.45, 2.75) is 216 Å². The third-order valence-electron chi connectivity index (χ3n) is 20.3. The molecule has 0 unspecified atom stereocenters. The van der Waals surface area contributed by atoms with Crippen LogP contribution < -0.4 is 16.4 Å². The van der Waals surface area contributed by atoms with E-state index in [1.807, 2.05) is 187 Å². The summed E-state index contributed by atoms with van der Waals surface area (Å²) in [5.74, 6) is -7.67. The number of hydrogen-bond acceptors (Lipinski definition) is 34. The van der Waals surface area contributed by atoms with Crippen LogP contribution in [0.1, 0.15) is 88.8 Å². The summed E-state index contributed by atoms with van der Waals surface area (Å²) < 4.78 is 128. The molecule has 4 fully saturated rings. The molecule has 4 aliphatic heterocycles. The number of nitrogens with two attached hydrogens (primary N) is 1. The molecule has 4 saturated heterocycles. The number of carbonyl (C=O) groups is 10. The van der Waals surface area contributed by atoms with Crippen LogP contribution in [-0.4, -0.2) is 263 Å². The molecule has 36 heteroatoms. The Bertz CT molecular complexity index is 4160. The third-order valence-corrected chi connectivity index (χ3v) is 22.6. The molecule has 0 saturated carbocycles. The van der Waals surface area contributed by atoms with E-state index in [0.29, 0.717) is 19.6 Å². The van der Waals surface area contributed by atoms with Gasteiger partial charge in [-0.2, -0.15) is 0 Å². The summed E-state index contributed by atoms with van der Waals surface area (Å²) in [7, 11) is 0. The molecule has 0 bridgehead atoms. The van der Waals surface area contributed by atoms with Gasteiger partial charge in [0.05, 0.1) is 64.4 Å². The van der Waals surface area contributed by atoms with Crippen molar-refractivity contribution in [3.63, 3.8) is 0 Å². The molecule has 4 heterocycles. The molecule has 694 valence electrons. The fourth-order valence-electron chi connectivity index (χ4n) is 14.7. The highest BCUT2D eigenvalue weighted by molar-refractivity contribution is 8.00. The van der Waals surface area contributed by atoms with Gasteiger partial charge in [-0.15, -0.1) is 23.5 Å². The van der Waals surface area contributed by atoms with Crippen LogP contribution in [0.2, 0.25) is 0 Å². The monoisotopic (exact) mass is 1820 g/mol. The molecule has 0 radical (unpaired) electrons. The third kappa shape index (κ3) is 32.7. The Labute approximate surface area is 751 Å². The van der Waals surface area contributed by atoms with E-state index in [9.17, 15) is 47.9 Å². The number of thioether (sulfide) groups is 2. The molecule has 2 amide bonds. The Kier molecular flexibility index (Phi) is 41.3. The Hall–Kier alpha value is -9.84. The predicted molar refractivity (Wildman–Crippen MR) is 460 cm³/mol. The topological polar surface area (TPSA) is 409 Å². The number of amides is 2. The van der Waals surface area contributed by atoms with Crippen LogP contribution in [0.25, 0.3) is 0 Å². The Morgan fingerprint density at radius 1 is 0.312 bits per heavy atom. The maximum absolute atomic E-state index is 14.4. The molecule has 6 aromatic rings. The smallest absolute Gasteiger partial charge is 0.303 e. The summed E-state index contributed by atoms with van der Waals surface area (Å²) in [4.78, 5) is 134. The first-order valence-electron chi connectivity index (χ1n) is 42.1. The van der Waals surface area contributed by atoms with Gasteiger partial charge in [-0.3, -0.25) is 52.8 Å². The summed E-state index contributed by atoms with van der Waals surface area (Å²) in [6, 6.07) is 55.9. The fourth-order valence-corrected chi connectivity index (χ4v) is 16.8. The van der Waals surface area contributed by atoms with E-state index in [1.165, 1.54) is 0 Å². The first-order valence-corrected chi connectivity index (χ1v) is 44.2. The molecule has 0 spiro atoms. The van der Waals surface area contributed by atoms with E-state index in [4.69, 9.17) is 100 Å². The highest BCUT2D eigenvalue weighted by Crippen LogP contribution is 2.42. The molecule has 34 nitrogen and oxygen atoms in total. The first kappa shape index (κ1) is 100. The van der Waals surface area contributed by atoms with Crippen LogP contribution in [0.15, 0.2) is 182 Å². The maximum atomic E-state index is 14.4. The average molecular weight is 1820 g/mol. The molecule has 128 heavy (non-hydrogen) atoms. The molecule has 6 aromatic carbocycles. The lowest BCUT2D eigenvalue weighted by atomic mass is 9.96. The number of rotatable bonds is 48. The van der Waals surface area contributed by atoms with E-state index in [1.54, 1.807) is 0 Å². The summed E-state index contributed by atoms with van der Waals surface area (Å²) in [6.45, 7) is 9.19. The normalized spacial score (nSPS) is 25.6. The van der Waals surface area contributed by atoms with E-state index in [0.717, 1.165) is 112 Å². The van der Waals surface area contributed by atoms with Crippen LogP contribution in [0, 0.1) is 0 Å². The number of esters is 8. The maximum Gasteiger partial charge on any atom is 0.303 e. The summed E-state index contributed by atoms with van der Waals surface area (Å²) >= 11 is 2.25. The average Bonchev–Trinajstić information content (AvgIpc) is 0.748. The predicted octanol–water partition coefficient (Wildman–Crippen LogP) is 7.11. The Morgan fingerprint density at radius 3 is 0.875 bits per heavy atom. The molecule has 4 N–H and O–H groups in total. The number of benzene rings is 6. The van der Waals surface area contributed by atoms with E-state index in [2.05, 4.69) is 10.6 Å². The zero-order chi connectivity index (χ0) is 91.3. The number of nitrogens with one attached hydrogen (secondary N) is 2. The van der Waals surface area contributed by atoms with Crippen molar-refractivity contribution in [3.05, 3.63) is 215 Å². The minimum absolute atomic E-state index is 0.00471.